The van der Waals surface area contributed by atoms with Crippen molar-refractivity contribution >= 4 is 22.7 Å². The van der Waals surface area contributed by atoms with Gasteiger partial charge in [-0.25, -0.2) is 4.98 Å². The van der Waals surface area contributed by atoms with Crippen LogP contribution in [0.15, 0.2) is 54.6 Å². The summed E-state index contributed by atoms with van der Waals surface area (Å²) in [5.41, 5.74) is 6.27. The molecule has 0 aliphatic heterocycles. The van der Waals surface area contributed by atoms with Crippen LogP contribution in [0.5, 0.6) is 5.75 Å². The number of esters is 1. The maximum atomic E-state index is 12.0. The van der Waals surface area contributed by atoms with E-state index in [4.69, 9.17) is 10.5 Å². The number of hydrogen-bond donors (Lipinski definition) is 1. The monoisotopic (exact) mass is 252 g/mol. The highest BCUT2D eigenvalue weighted by atomic mass is 16.5. The predicted octanol–water partition coefficient (Wildman–Crippen LogP) is 2.46. The number of ether oxygens (including phenoxy) is 1. The van der Waals surface area contributed by atoms with Crippen LogP contribution in [0.3, 0.4) is 0 Å². The van der Waals surface area contributed by atoms with E-state index in [2.05, 4.69) is 4.98 Å². The number of para-hydroxylation sites is 1. The number of nitrogens with zero attached hydrogens (tertiary/aromatic N) is 1. The molecule has 3 rings (SSSR count). The fourth-order valence-corrected chi connectivity index (χ4v) is 1.98. The lowest BCUT2D eigenvalue weighted by Crippen LogP contribution is -2.16. The number of anilines is 1. The molecule has 1 aliphatic carbocycles. The Morgan fingerprint density at radius 2 is 1.95 bits per heavy atom. The lowest BCUT2D eigenvalue weighted by Gasteiger charge is -2.09. The second-order valence-corrected chi connectivity index (χ2v) is 4.28. The zero-order valence-corrected chi connectivity index (χ0v) is 10.1. The summed E-state index contributed by atoms with van der Waals surface area (Å²) in [6.45, 7) is 0. The lowest BCUT2D eigenvalue weighted by molar-refractivity contribution is -0.135. The molecule has 1 aromatic heterocycles. The van der Waals surface area contributed by atoms with Gasteiger partial charge in [-0.1, -0.05) is 36.4 Å². The van der Waals surface area contributed by atoms with Gasteiger partial charge in [-0.15, -0.1) is 0 Å². The zero-order valence-electron chi connectivity index (χ0n) is 10.1. The minimum absolute atomic E-state index is 0.318. The Hall–Kier alpha value is -2.62. The minimum atomic E-state index is -0.323. The van der Waals surface area contributed by atoms with Gasteiger partial charge in [0.25, 0.3) is 0 Å². The minimum Gasteiger partial charge on any atom is -0.424 e. The molecule has 19 heavy (non-hydrogen) atoms. The smallest absolute Gasteiger partial charge is 0.322 e. The van der Waals surface area contributed by atoms with E-state index in [0.29, 0.717) is 17.1 Å². The number of benzene rings is 1. The highest BCUT2D eigenvalue weighted by Gasteiger charge is 2.18. The molecule has 1 aliphatic rings. The Morgan fingerprint density at radius 1 is 1.16 bits per heavy atom. The van der Waals surface area contributed by atoms with Crippen LogP contribution in [0.4, 0.5) is 5.82 Å². The number of aromatic nitrogens is 1. The molecule has 0 atom stereocenters. The third kappa shape index (κ3) is 2.20. The molecular formula is C15H12N2O2. The van der Waals surface area contributed by atoms with E-state index in [9.17, 15) is 4.79 Å². The molecule has 1 aromatic carbocycles. The topological polar surface area (TPSA) is 65.2 Å². The van der Waals surface area contributed by atoms with E-state index in [1.165, 1.54) is 0 Å². The zero-order chi connectivity index (χ0) is 13.2. The van der Waals surface area contributed by atoms with Crippen LogP contribution in [0.25, 0.3) is 10.9 Å². The van der Waals surface area contributed by atoms with Gasteiger partial charge in [-0.2, -0.15) is 0 Å². The van der Waals surface area contributed by atoms with Crippen LogP contribution >= 0.6 is 0 Å². The number of carbonyl (C=O) groups is 1. The van der Waals surface area contributed by atoms with Crippen molar-refractivity contribution in [3.63, 3.8) is 0 Å². The summed E-state index contributed by atoms with van der Waals surface area (Å²) < 4.78 is 5.41. The maximum Gasteiger partial charge on any atom is 0.322 e. The van der Waals surface area contributed by atoms with Crippen molar-refractivity contribution in [2.24, 2.45) is 5.92 Å². The molecule has 0 spiro atoms. The molecule has 0 saturated carbocycles. The number of hydrogen-bond acceptors (Lipinski definition) is 4. The van der Waals surface area contributed by atoms with Crippen molar-refractivity contribution in [2.45, 2.75) is 0 Å². The Balaban J connectivity index is 1.96. The summed E-state index contributed by atoms with van der Waals surface area (Å²) in [6, 6.07) is 9.01. The standard InChI is InChI=1S/C15H12N2O2/c16-13-9-8-10-6-3-7-12(14(10)17-13)19-15(18)11-4-1-2-5-11/h1-9,11H,(H2,16,17). The number of nitrogen functional groups attached to an aromatic ring is 1. The number of nitrogens with two attached hydrogens (primary N) is 1. The second-order valence-electron chi connectivity index (χ2n) is 4.28. The van der Waals surface area contributed by atoms with Gasteiger partial charge in [0, 0.05) is 5.39 Å². The Bertz CT molecular complexity index is 692. The van der Waals surface area contributed by atoms with Crippen LogP contribution in [0.2, 0.25) is 0 Å². The van der Waals surface area contributed by atoms with Gasteiger partial charge in [-0.3, -0.25) is 4.79 Å². The average Bonchev–Trinajstić information content (AvgIpc) is 2.93. The summed E-state index contributed by atoms with van der Waals surface area (Å²) in [6.07, 6.45) is 7.22. The van der Waals surface area contributed by atoms with Crippen molar-refractivity contribution in [1.29, 1.82) is 0 Å². The summed E-state index contributed by atoms with van der Waals surface area (Å²) in [7, 11) is 0. The van der Waals surface area contributed by atoms with Gasteiger partial charge in [0.15, 0.2) is 5.75 Å². The van der Waals surface area contributed by atoms with Crippen molar-refractivity contribution in [3.05, 3.63) is 54.6 Å². The van der Waals surface area contributed by atoms with Gasteiger partial charge in [-0.05, 0) is 18.2 Å². The number of pyridine rings is 1. The SMILES string of the molecule is Nc1ccc2cccc(OC(=O)C3C=CC=C3)c2n1. The first-order valence-electron chi connectivity index (χ1n) is 5.96. The average molecular weight is 252 g/mol. The molecule has 0 radical (unpaired) electrons. The van der Waals surface area contributed by atoms with Gasteiger partial charge in [0.2, 0.25) is 0 Å². The third-order valence-electron chi connectivity index (χ3n) is 2.94. The molecule has 0 saturated heterocycles. The Labute approximate surface area is 110 Å². The Morgan fingerprint density at radius 3 is 2.74 bits per heavy atom. The van der Waals surface area contributed by atoms with Crippen LogP contribution in [-0.4, -0.2) is 11.0 Å². The molecule has 0 unspecified atom stereocenters. The van der Waals surface area contributed by atoms with E-state index in [1.807, 2.05) is 30.4 Å². The molecule has 2 aromatic rings. The molecular weight excluding hydrogens is 240 g/mol. The molecule has 4 heteroatoms. The summed E-state index contributed by atoms with van der Waals surface area (Å²) in [4.78, 5) is 16.2. The fraction of sp³-hybridized carbons (Fsp3) is 0.0667. The van der Waals surface area contributed by atoms with E-state index in [0.717, 1.165) is 5.39 Å². The highest BCUT2D eigenvalue weighted by molar-refractivity contribution is 5.89. The molecule has 0 bridgehead atoms. The fourth-order valence-electron chi connectivity index (χ4n) is 1.98. The normalized spacial score (nSPS) is 14.1. The first kappa shape index (κ1) is 11.5. The van der Waals surface area contributed by atoms with E-state index in [1.54, 1.807) is 24.3 Å². The van der Waals surface area contributed by atoms with E-state index < -0.39 is 0 Å². The van der Waals surface area contributed by atoms with E-state index >= 15 is 0 Å². The van der Waals surface area contributed by atoms with Gasteiger partial charge >= 0.3 is 5.97 Å². The highest BCUT2D eigenvalue weighted by Crippen LogP contribution is 2.26. The number of fused-ring (bicyclic) bond motifs is 1. The summed E-state index contributed by atoms with van der Waals surface area (Å²) in [5, 5.41) is 0.886. The number of allylic oxidation sites excluding steroid dienone is 2. The largest absolute Gasteiger partial charge is 0.424 e. The van der Waals surface area contributed by atoms with Crippen LogP contribution in [0.1, 0.15) is 0 Å². The van der Waals surface area contributed by atoms with Crippen molar-refractivity contribution < 1.29 is 9.53 Å². The van der Waals surface area contributed by atoms with Crippen molar-refractivity contribution in [2.75, 3.05) is 5.73 Å². The van der Waals surface area contributed by atoms with Crippen molar-refractivity contribution in [3.8, 4) is 5.75 Å². The first-order chi connectivity index (χ1) is 9.24. The summed E-state index contributed by atoms with van der Waals surface area (Å²) in [5.74, 6) is 0.193. The van der Waals surface area contributed by atoms with Gasteiger partial charge < -0.3 is 10.5 Å². The molecule has 1 heterocycles. The quantitative estimate of drug-likeness (QED) is 0.658. The van der Waals surface area contributed by atoms with Crippen LogP contribution < -0.4 is 10.5 Å². The molecule has 0 amide bonds. The lowest BCUT2D eigenvalue weighted by atomic mass is 10.1. The molecule has 0 fully saturated rings. The number of rotatable bonds is 2. The third-order valence-corrected chi connectivity index (χ3v) is 2.94. The maximum absolute atomic E-state index is 12.0. The molecule has 4 nitrogen and oxygen atoms in total. The number of carbonyl (C=O) groups excluding carboxylic acids is 1. The Kier molecular flexibility index (Phi) is 2.76. The first-order valence-corrected chi connectivity index (χ1v) is 5.96. The van der Waals surface area contributed by atoms with Crippen LogP contribution in [0, 0.1) is 5.92 Å². The van der Waals surface area contributed by atoms with Crippen LogP contribution in [-0.2, 0) is 4.79 Å². The predicted molar refractivity (Wildman–Crippen MR) is 73.6 cm³/mol. The van der Waals surface area contributed by atoms with Gasteiger partial charge in [0.05, 0.1) is 5.92 Å². The second kappa shape index (κ2) is 4.57. The van der Waals surface area contributed by atoms with Crippen molar-refractivity contribution in [1.82, 2.24) is 4.98 Å². The summed E-state index contributed by atoms with van der Waals surface area (Å²) >= 11 is 0. The van der Waals surface area contributed by atoms with Gasteiger partial charge in [0.1, 0.15) is 11.3 Å². The molecule has 2 N–H and O–H groups in total. The van der Waals surface area contributed by atoms with E-state index in [-0.39, 0.29) is 11.9 Å². The molecule has 94 valence electrons.